The molecule has 12 heteroatoms. The maximum atomic E-state index is 12.8. The second-order valence-electron chi connectivity index (χ2n) is 7.95. The van der Waals surface area contributed by atoms with Crippen LogP contribution in [-0.2, 0) is 16.6 Å². The van der Waals surface area contributed by atoms with Gasteiger partial charge >= 0.3 is 29.6 Å². The number of rotatable bonds is 6. The van der Waals surface area contributed by atoms with Crippen LogP contribution in [0.5, 0.6) is 0 Å². The molecule has 0 aliphatic carbocycles. The van der Waals surface area contributed by atoms with Gasteiger partial charge in [0.15, 0.2) is 5.65 Å². The Morgan fingerprint density at radius 3 is 2.46 bits per heavy atom. The number of sulfonamides is 1. The molecule has 182 valence electrons. The van der Waals surface area contributed by atoms with Gasteiger partial charge < -0.3 is 4.57 Å². The minimum atomic E-state index is -4.02. The predicted molar refractivity (Wildman–Crippen MR) is 145 cm³/mol. The molecule has 0 saturated heterocycles. The summed E-state index contributed by atoms with van der Waals surface area (Å²) in [7, 11) is -4.02. The van der Waals surface area contributed by atoms with Gasteiger partial charge in [-0.25, -0.2) is 23.1 Å². The summed E-state index contributed by atoms with van der Waals surface area (Å²) in [5.41, 5.74) is 3.95. The molecule has 7 nitrogen and oxygen atoms in total. The number of halogens is 2. The third-order valence-electron chi connectivity index (χ3n) is 5.54. The zero-order chi connectivity index (χ0) is 25.4. The van der Waals surface area contributed by atoms with E-state index in [1.54, 1.807) is 12.1 Å². The van der Waals surface area contributed by atoms with E-state index in [1.165, 1.54) is 12.1 Å². The van der Waals surface area contributed by atoms with Gasteiger partial charge in [0, 0.05) is 5.02 Å². The van der Waals surface area contributed by atoms with E-state index >= 15 is 0 Å². The zero-order valence-electron chi connectivity index (χ0n) is 19.8. The first kappa shape index (κ1) is 28.0. The van der Waals surface area contributed by atoms with Gasteiger partial charge in [-0.15, -0.1) is 11.3 Å². The van der Waals surface area contributed by atoms with Crippen molar-refractivity contribution < 1.29 is 42.8 Å². The van der Waals surface area contributed by atoms with Gasteiger partial charge in [0.25, 0.3) is 15.9 Å². The number of thiophene rings is 1. The van der Waals surface area contributed by atoms with Gasteiger partial charge in [-0.1, -0.05) is 54.1 Å². The quantitative estimate of drug-likeness (QED) is 0.293. The number of carbonyl (C=O) groups is 1. The second kappa shape index (κ2) is 11.4. The second-order valence-corrected chi connectivity index (χ2v) is 12.7. The average Bonchev–Trinajstić information content (AvgIpc) is 3.43. The summed E-state index contributed by atoms with van der Waals surface area (Å²) in [6.07, 6.45) is 0. The van der Waals surface area contributed by atoms with Crippen LogP contribution < -0.4 is 34.3 Å². The Balaban J connectivity index is 0.00000320. The van der Waals surface area contributed by atoms with Crippen LogP contribution >= 0.6 is 38.9 Å². The maximum absolute atomic E-state index is 12.8. The molecule has 3 heterocycles. The molecule has 0 saturated carbocycles. The third kappa shape index (κ3) is 6.01. The smallest absolute Gasteiger partial charge is 0.308 e. The minimum absolute atomic E-state index is 0. The number of nitrogens with zero attached hydrogens (tertiary/aromatic N) is 3. The van der Waals surface area contributed by atoms with Crippen molar-refractivity contribution in [1.82, 2.24) is 19.3 Å². The Hall–Kier alpha value is -2.05. The molecule has 1 N–H and O–H groups in total. The van der Waals surface area contributed by atoms with E-state index < -0.39 is 15.9 Å². The Morgan fingerprint density at radius 1 is 1.03 bits per heavy atom. The summed E-state index contributed by atoms with van der Waals surface area (Å²) in [5.74, 6) is -0.133. The minimum Gasteiger partial charge on any atom is -0.308 e. The van der Waals surface area contributed by atoms with Gasteiger partial charge in [0.2, 0.25) is 0 Å². The number of pyridine rings is 1. The van der Waals surface area contributed by atoms with Crippen LogP contribution in [-0.4, -0.2) is 28.9 Å². The van der Waals surface area contributed by atoms with Gasteiger partial charge in [-0.3, -0.25) is 4.79 Å². The molecule has 0 radical (unpaired) electrons. The fourth-order valence-electron chi connectivity index (χ4n) is 3.75. The number of amides is 1. The maximum Gasteiger partial charge on any atom is 1.00 e. The summed E-state index contributed by atoms with van der Waals surface area (Å²) in [6, 6.07) is 22.0. The van der Waals surface area contributed by atoms with Crippen LogP contribution in [0.4, 0.5) is 0 Å². The van der Waals surface area contributed by atoms with Crippen molar-refractivity contribution in [2.75, 3.05) is 0 Å². The van der Waals surface area contributed by atoms with Crippen molar-refractivity contribution in [3.63, 3.8) is 0 Å². The zero-order valence-corrected chi connectivity index (χ0v) is 25.7. The number of nitrogens with one attached hydrogen (secondary N) is 1. The van der Waals surface area contributed by atoms with E-state index in [1.807, 2.05) is 60.0 Å². The van der Waals surface area contributed by atoms with Gasteiger partial charge in [-0.2, -0.15) is 0 Å². The first-order valence-corrected chi connectivity index (χ1v) is 14.2. The van der Waals surface area contributed by atoms with Crippen LogP contribution in [0.15, 0.2) is 80.8 Å². The van der Waals surface area contributed by atoms with Gasteiger partial charge in [0.1, 0.15) is 21.2 Å². The van der Waals surface area contributed by atoms with Crippen LogP contribution in [0.2, 0.25) is 5.02 Å². The molecule has 0 aliphatic heterocycles. The molecule has 5 rings (SSSR count). The Morgan fingerprint density at radius 2 is 1.78 bits per heavy atom. The molecule has 2 aromatic carbocycles. The van der Waals surface area contributed by atoms with E-state index in [2.05, 4.69) is 30.6 Å². The molecule has 0 fully saturated rings. The first-order valence-electron chi connectivity index (χ1n) is 10.7. The Kier molecular flexibility index (Phi) is 8.59. The molecule has 0 aliphatic rings. The summed E-state index contributed by atoms with van der Waals surface area (Å²) in [5, 5.41) is 0.597. The molecule has 0 atom stereocenters. The number of fused-ring (bicyclic) bond motifs is 1. The van der Waals surface area contributed by atoms with Gasteiger partial charge in [-0.05, 0) is 69.9 Å². The number of aromatic nitrogens is 3. The number of hydrogen-bond donors (Lipinski definition) is 1. The summed E-state index contributed by atoms with van der Waals surface area (Å²) >= 11 is 10.9. The standard InChI is InChI=1S/C25H18BrClN4O3S2.Na/c1-15-28-20-9-10-21(25(32)30-36(33,34)23-12-11-22(26)35-23)29-24(20)31(15)14-18-8-7-17(13-19(18)27)16-5-3-2-4-6-16;/h2-13H,14H2,1H3,(H,30,32);/q;+1. The first-order chi connectivity index (χ1) is 17.2. The van der Waals surface area contributed by atoms with Crippen molar-refractivity contribution in [2.45, 2.75) is 17.7 Å². The molecule has 5 aromatic rings. The van der Waals surface area contributed by atoms with Crippen LogP contribution in [0.3, 0.4) is 0 Å². The fourth-order valence-corrected chi connectivity index (χ4v) is 6.96. The average molecular weight is 625 g/mol. The third-order valence-corrected chi connectivity index (χ3v) is 9.34. The SMILES string of the molecule is Cc1nc2ccc(C(=O)NS(=O)(=O)c3ccc(Br)s3)nc2n1Cc1ccc(-c2ccccc2)cc1Cl.[Na+]. The molecular weight excluding hydrogens is 607 g/mol. The van der Waals surface area contributed by atoms with E-state index in [4.69, 9.17) is 11.6 Å². The van der Waals surface area contributed by atoms with Crippen LogP contribution in [0.1, 0.15) is 21.9 Å². The predicted octanol–water partition coefficient (Wildman–Crippen LogP) is 3.06. The number of aryl methyl sites for hydroxylation is 1. The van der Waals surface area contributed by atoms with E-state index in [0.717, 1.165) is 28.0 Å². The molecule has 3 aromatic heterocycles. The van der Waals surface area contributed by atoms with Crippen molar-refractivity contribution in [3.05, 3.63) is 98.7 Å². The van der Waals surface area contributed by atoms with Crippen molar-refractivity contribution in [1.29, 1.82) is 0 Å². The monoisotopic (exact) mass is 623 g/mol. The van der Waals surface area contributed by atoms with Gasteiger partial charge in [0.05, 0.1) is 10.3 Å². The largest absolute Gasteiger partial charge is 1.00 e. The fraction of sp³-hybridized carbons (Fsp3) is 0.0800. The number of carbonyl (C=O) groups excluding carboxylic acids is 1. The molecule has 37 heavy (non-hydrogen) atoms. The van der Waals surface area contributed by atoms with E-state index in [-0.39, 0.29) is 39.5 Å². The van der Waals surface area contributed by atoms with E-state index in [0.29, 0.717) is 32.3 Å². The molecule has 0 bridgehead atoms. The number of imidazole rings is 1. The summed E-state index contributed by atoms with van der Waals surface area (Å²) in [4.78, 5) is 21.8. The van der Waals surface area contributed by atoms with Crippen molar-refractivity contribution in [2.24, 2.45) is 0 Å². The Labute approximate surface area is 253 Å². The number of hydrogen-bond acceptors (Lipinski definition) is 6. The normalized spacial score (nSPS) is 11.3. The molecule has 0 spiro atoms. The summed E-state index contributed by atoms with van der Waals surface area (Å²) < 4.78 is 29.7. The van der Waals surface area contributed by atoms with Crippen LogP contribution in [0, 0.1) is 6.92 Å². The molecular formula is C25H18BrClN4NaO3S2+. The summed E-state index contributed by atoms with van der Waals surface area (Å²) in [6.45, 7) is 2.22. The molecule has 0 unspecified atom stereocenters. The van der Waals surface area contributed by atoms with Crippen molar-refractivity contribution in [3.8, 4) is 11.1 Å². The number of benzene rings is 2. The van der Waals surface area contributed by atoms with E-state index in [9.17, 15) is 13.2 Å². The topological polar surface area (TPSA) is 93.9 Å². The van der Waals surface area contributed by atoms with Crippen molar-refractivity contribution >= 4 is 66.0 Å². The molecule has 1 amide bonds. The Bertz CT molecular complexity index is 1720. The van der Waals surface area contributed by atoms with Crippen LogP contribution in [0.25, 0.3) is 22.3 Å².